The fourth-order valence-corrected chi connectivity index (χ4v) is 1.22. The third-order valence-electron chi connectivity index (χ3n) is 2.02. The van der Waals surface area contributed by atoms with E-state index in [0.717, 1.165) is 19.4 Å². The maximum absolute atomic E-state index is 8.72. The van der Waals surface area contributed by atoms with E-state index in [1.165, 1.54) is 6.42 Å². The van der Waals surface area contributed by atoms with Gasteiger partial charge in [-0.25, -0.2) is 0 Å². The quantitative estimate of drug-likeness (QED) is 0.625. The fraction of sp³-hybridized carbons (Fsp3) is 0.909. The Morgan fingerprint density at radius 2 is 2.00 bits per heavy atom. The predicted molar refractivity (Wildman–Crippen MR) is 54.3 cm³/mol. The van der Waals surface area contributed by atoms with Gasteiger partial charge in [0.25, 0.3) is 0 Å². The molecule has 1 atom stereocenters. The molecule has 0 spiro atoms. The number of nitriles is 1. The lowest BCUT2D eigenvalue weighted by molar-refractivity contribution is 0.0469. The molecule has 1 saturated heterocycles. The van der Waals surface area contributed by atoms with E-state index in [9.17, 15) is 0 Å². The summed E-state index contributed by atoms with van der Waals surface area (Å²) in [6.07, 6.45) is 3.56. The van der Waals surface area contributed by atoms with Gasteiger partial charge in [-0.15, -0.1) is 0 Å². The molecule has 0 saturated carbocycles. The van der Waals surface area contributed by atoms with Crippen LogP contribution in [0.1, 0.15) is 47.0 Å². The van der Waals surface area contributed by atoms with Crippen molar-refractivity contribution in [3.63, 3.8) is 0 Å². The van der Waals surface area contributed by atoms with Gasteiger partial charge in [0.15, 0.2) is 0 Å². The Bertz CT molecular complexity index is 163. The Labute approximate surface area is 81.9 Å². The molecule has 2 nitrogen and oxygen atoms in total. The van der Waals surface area contributed by atoms with E-state index in [2.05, 4.69) is 19.9 Å². The zero-order chi connectivity index (χ0) is 10.3. The first-order valence-corrected chi connectivity index (χ1v) is 5.11. The molecule has 1 aliphatic rings. The lowest BCUT2D eigenvalue weighted by Crippen LogP contribution is -2.26. The van der Waals surface area contributed by atoms with E-state index < -0.39 is 0 Å². The second kappa shape index (κ2) is 5.99. The second-order valence-electron chi connectivity index (χ2n) is 4.04. The van der Waals surface area contributed by atoms with Crippen LogP contribution in [0.5, 0.6) is 0 Å². The van der Waals surface area contributed by atoms with Crippen LogP contribution in [0.25, 0.3) is 0 Å². The van der Waals surface area contributed by atoms with Crippen LogP contribution in [-0.4, -0.2) is 12.7 Å². The molecule has 0 N–H and O–H groups in total. The van der Waals surface area contributed by atoms with Crippen molar-refractivity contribution in [3.05, 3.63) is 0 Å². The third kappa shape index (κ3) is 4.28. The molecule has 1 unspecified atom stereocenters. The standard InChI is InChI=1S/C8H13NO.C3H8/c1-8(2,6-9)7-4-3-5-10-7;1-3-2/h7H,3-5H2,1-2H3;3H2,1-2H3. The highest BCUT2D eigenvalue weighted by molar-refractivity contribution is 4.98. The number of hydrogen-bond donors (Lipinski definition) is 0. The summed E-state index contributed by atoms with van der Waals surface area (Å²) in [4.78, 5) is 0. The molecule has 0 amide bonds. The number of rotatable bonds is 1. The fourth-order valence-electron chi connectivity index (χ4n) is 1.22. The summed E-state index contributed by atoms with van der Waals surface area (Å²) >= 11 is 0. The summed E-state index contributed by atoms with van der Waals surface area (Å²) < 4.78 is 5.39. The van der Waals surface area contributed by atoms with E-state index in [4.69, 9.17) is 10.00 Å². The summed E-state index contributed by atoms with van der Waals surface area (Å²) in [7, 11) is 0. The Kier molecular flexibility index (Phi) is 5.73. The first kappa shape index (κ1) is 12.4. The minimum absolute atomic E-state index is 0.164. The van der Waals surface area contributed by atoms with Crippen LogP contribution in [0.2, 0.25) is 0 Å². The Morgan fingerprint density at radius 3 is 2.31 bits per heavy atom. The number of hydrogen-bond acceptors (Lipinski definition) is 2. The van der Waals surface area contributed by atoms with Gasteiger partial charge >= 0.3 is 0 Å². The van der Waals surface area contributed by atoms with Crippen molar-refractivity contribution >= 4 is 0 Å². The molecule has 13 heavy (non-hydrogen) atoms. The van der Waals surface area contributed by atoms with Crippen LogP contribution in [0.3, 0.4) is 0 Å². The van der Waals surface area contributed by atoms with Crippen LogP contribution >= 0.6 is 0 Å². The maximum atomic E-state index is 8.72. The number of nitrogens with zero attached hydrogens (tertiary/aromatic N) is 1. The predicted octanol–water partition coefficient (Wildman–Crippen LogP) is 3.13. The normalized spacial score (nSPS) is 21.6. The Hall–Kier alpha value is -0.550. The molecule has 1 aliphatic heterocycles. The van der Waals surface area contributed by atoms with Crippen LogP contribution in [0.4, 0.5) is 0 Å². The summed E-state index contributed by atoms with van der Waals surface area (Å²) in [6.45, 7) is 8.95. The van der Waals surface area contributed by atoms with Crippen molar-refractivity contribution in [2.24, 2.45) is 5.41 Å². The lowest BCUT2D eigenvalue weighted by atomic mass is 9.87. The van der Waals surface area contributed by atoms with Gasteiger partial charge < -0.3 is 4.74 Å². The first-order chi connectivity index (χ1) is 6.08. The van der Waals surface area contributed by atoms with Crippen LogP contribution < -0.4 is 0 Å². The van der Waals surface area contributed by atoms with Gasteiger partial charge in [0, 0.05) is 6.61 Å². The molecule has 0 radical (unpaired) electrons. The summed E-state index contributed by atoms with van der Waals surface area (Å²) in [5.74, 6) is 0. The van der Waals surface area contributed by atoms with Gasteiger partial charge in [-0.2, -0.15) is 5.26 Å². The Balaban J connectivity index is 0.000000424. The molecule has 1 rings (SSSR count). The molecule has 0 aromatic carbocycles. The molecule has 0 bridgehead atoms. The monoisotopic (exact) mass is 183 g/mol. The Morgan fingerprint density at radius 1 is 1.46 bits per heavy atom. The molecular weight excluding hydrogens is 162 g/mol. The summed E-state index contributed by atoms with van der Waals surface area (Å²) in [5.41, 5.74) is -0.295. The van der Waals surface area contributed by atoms with E-state index in [1.54, 1.807) is 0 Å². The topological polar surface area (TPSA) is 33.0 Å². The summed E-state index contributed by atoms with van der Waals surface area (Å²) in [6, 6.07) is 2.26. The average Bonchev–Trinajstić information content (AvgIpc) is 2.58. The lowest BCUT2D eigenvalue weighted by Gasteiger charge is -2.22. The molecule has 2 heteroatoms. The molecule has 76 valence electrons. The van der Waals surface area contributed by atoms with Gasteiger partial charge in [0.2, 0.25) is 0 Å². The van der Waals surface area contributed by atoms with Gasteiger partial charge in [0.05, 0.1) is 17.6 Å². The largest absolute Gasteiger partial charge is 0.377 e. The van der Waals surface area contributed by atoms with Crippen LogP contribution in [-0.2, 0) is 4.74 Å². The molecule has 0 aromatic rings. The second-order valence-corrected chi connectivity index (χ2v) is 4.04. The van der Waals surface area contributed by atoms with E-state index in [1.807, 2.05) is 13.8 Å². The van der Waals surface area contributed by atoms with Crippen molar-refractivity contribution in [1.82, 2.24) is 0 Å². The molecule has 0 aromatic heterocycles. The van der Waals surface area contributed by atoms with Gasteiger partial charge in [0.1, 0.15) is 0 Å². The zero-order valence-corrected chi connectivity index (χ0v) is 9.26. The van der Waals surface area contributed by atoms with Crippen molar-refractivity contribution in [1.29, 1.82) is 5.26 Å². The van der Waals surface area contributed by atoms with Crippen molar-refractivity contribution in [2.45, 2.75) is 53.1 Å². The molecule has 0 aliphatic carbocycles. The number of ether oxygens (including phenoxy) is 1. The van der Waals surface area contributed by atoms with Crippen molar-refractivity contribution in [2.75, 3.05) is 6.61 Å². The van der Waals surface area contributed by atoms with E-state index >= 15 is 0 Å². The van der Waals surface area contributed by atoms with Gasteiger partial charge in [-0.05, 0) is 26.7 Å². The SMILES string of the molecule is CC(C)(C#N)C1CCCO1.CCC. The third-order valence-corrected chi connectivity index (χ3v) is 2.02. The highest BCUT2D eigenvalue weighted by atomic mass is 16.5. The minimum atomic E-state index is -0.295. The maximum Gasteiger partial charge on any atom is 0.0779 e. The molecular formula is C11H21NO. The smallest absolute Gasteiger partial charge is 0.0779 e. The first-order valence-electron chi connectivity index (χ1n) is 5.11. The molecule has 1 fully saturated rings. The average molecular weight is 183 g/mol. The van der Waals surface area contributed by atoms with Crippen molar-refractivity contribution < 1.29 is 4.74 Å². The molecule has 1 heterocycles. The van der Waals surface area contributed by atoms with E-state index in [-0.39, 0.29) is 11.5 Å². The van der Waals surface area contributed by atoms with Crippen LogP contribution in [0, 0.1) is 16.7 Å². The van der Waals surface area contributed by atoms with Gasteiger partial charge in [-0.1, -0.05) is 20.3 Å². The summed E-state index contributed by atoms with van der Waals surface area (Å²) in [5, 5.41) is 8.72. The highest BCUT2D eigenvalue weighted by Gasteiger charge is 2.32. The van der Waals surface area contributed by atoms with Crippen molar-refractivity contribution in [3.8, 4) is 6.07 Å². The minimum Gasteiger partial charge on any atom is -0.377 e. The van der Waals surface area contributed by atoms with E-state index in [0.29, 0.717) is 0 Å². The highest BCUT2D eigenvalue weighted by Crippen LogP contribution is 2.29. The van der Waals surface area contributed by atoms with Crippen LogP contribution in [0.15, 0.2) is 0 Å². The zero-order valence-electron chi connectivity index (χ0n) is 9.26. The van der Waals surface area contributed by atoms with Gasteiger partial charge in [-0.3, -0.25) is 0 Å².